The number of halogens is 1. The summed E-state index contributed by atoms with van der Waals surface area (Å²) in [4.78, 5) is 2.39. The average molecular weight is 410 g/mol. The van der Waals surface area contributed by atoms with E-state index in [1.54, 1.807) is 14.2 Å². The van der Waals surface area contributed by atoms with Crippen molar-refractivity contribution in [3.8, 4) is 11.5 Å². The number of likely N-dealkylation sites (N-methyl/N-ethyl adjacent to an activating group) is 1. The third kappa shape index (κ3) is 2.27. The van der Waals surface area contributed by atoms with Gasteiger partial charge >= 0.3 is 0 Å². The molecule has 2 N–H and O–H groups in total. The molecule has 1 aliphatic heterocycles. The van der Waals surface area contributed by atoms with Gasteiger partial charge < -0.3 is 24.6 Å². The highest BCUT2D eigenvalue weighted by Crippen LogP contribution is 2.59. The molecule has 0 aromatic heterocycles. The fourth-order valence-corrected chi connectivity index (χ4v) is 5.80. The molecule has 3 aliphatic rings. The van der Waals surface area contributed by atoms with Gasteiger partial charge in [-0.25, -0.2) is 0 Å². The summed E-state index contributed by atoms with van der Waals surface area (Å²) in [6.07, 6.45) is 3.72. The lowest BCUT2D eigenvalue weighted by molar-refractivity contribution is -0.00395. The maximum absolute atomic E-state index is 11.0. The van der Waals surface area contributed by atoms with Crippen LogP contribution in [0.25, 0.3) is 0 Å². The quantitative estimate of drug-likeness (QED) is 0.785. The monoisotopic (exact) mass is 409 g/mol. The van der Waals surface area contributed by atoms with Crippen molar-refractivity contribution in [2.75, 3.05) is 27.8 Å². The summed E-state index contributed by atoms with van der Waals surface area (Å²) in [5, 5.41) is 21.6. The van der Waals surface area contributed by atoms with E-state index in [9.17, 15) is 10.2 Å². The van der Waals surface area contributed by atoms with Crippen LogP contribution in [-0.4, -0.2) is 55.1 Å². The minimum absolute atomic E-state index is 0.196. The number of phenols is 1. The second-order valence-electron chi connectivity index (χ2n) is 7.44. The average Bonchev–Trinajstić information content (AvgIpc) is 2.59. The molecule has 1 heterocycles. The van der Waals surface area contributed by atoms with Gasteiger partial charge in [0.25, 0.3) is 0 Å². The summed E-state index contributed by atoms with van der Waals surface area (Å²) < 4.78 is 11.8. The number of aliphatic hydroxyl groups excluding tert-OH is 1. The van der Waals surface area contributed by atoms with Crippen LogP contribution in [0.5, 0.6) is 11.5 Å². The third-order valence-corrected chi connectivity index (χ3v) is 7.15. The maximum Gasteiger partial charge on any atom is 0.161 e. The van der Waals surface area contributed by atoms with Crippen LogP contribution in [0.4, 0.5) is 0 Å². The van der Waals surface area contributed by atoms with Crippen molar-refractivity contribution >= 4 is 15.9 Å². The predicted octanol–water partition coefficient (Wildman–Crippen LogP) is 2.57. The van der Waals surface area contributed by atoms with Crippen LogP contribution in [-0.2, 0) is 16.6 Å². The summed E-state index contributed by atoms with van der Waals surface area (Å²) in [6.45, 7) is 0.942. The molecule has 1 aromatic rings. The van der Waals surface area contributed by atoms with E-state index in [1.807, 2.05) is 6.07 Å². The van der Waals surface area contributed by atoms with Crippen LogP contribution in [0, 0.1) is 5.92 Å². The van der Waals surface area contributed by atoms with Crippen LogP contribution >= 0.6 is 15.9 Å². The van der Waals surface area contributed by atoms with E-state index in [-0.39, 0.29) is 17.1 Å². The van der Waals surface area contributed by atoms with Crippen LogP contribution in [0.15, 0.2) is 22.4 Å². The molecule has 2 bridgehead atoms. The van der Waals surface area contributed by atoms with Gasteiger partial charge in [-0.1, -0.05) is 15.9 Å². The SMILES string of the molecule is COC1=CC2[C@@H]3Cc4c(Br)cc(OC)c(O)c4[C@]2(CCN3C)C[C@@H]1O. The highest BCUT2D eigenvalue weighted by molar-refractivity contribution is 9.10. The number of hydrogen-bond acceptors (Lipinski definition) is 5. The van der Waals surface area contributed by atoms with Gasteiger partial charge in [0.15, 0.2) is 11.5 Å². The van der Waals surface area contributed by atoms with Gasteiger partial charge in [-0.05, 0) is 50.6 Å². The van der Waals surface area contributed by atoms with Gasteiger partial charge in [0.1, 0.15) is 11.9 Å². The van der Waals surface area contributed by atoms with Gasteiger partial charge in [-0.3, -0.25) is 0 Å². The molecule has 136 valence electrons. The first-order valence-electron chi connectivity index (χ1n) is 8.65. The number of aromatic hydroxyl groups is 1. The molecule has 5 nitrogen and oxygen atoms in total. The maximum atomic E-state index is 11.0. The van der Waals surface area contributed by atoms with E-state index < -0.39 is 6.10 Å². The molecule has 0 saturated carbocycles. The van der Waals surface area contributed by atoms with Crippen LogP contribution in [0.1, 0.15) is 24.0 Å². The van der Waals surface area contributed by atoms with Crippen molar-refractivity contribution in [1.29, 1.82) is 0 Å². The lowest BCUT2D eigenvalue weighted by Crippen LogP contribution is -2.60. The van der Waals surface area contributed by atoms with E-state index in [4.69, 9.17) is 9.47 Å². The smallest absolute Gasteiger partial charge is 0.161 e. The molecule has 1 unspecified atom stereocenters. The Bertz CT molecular complexity index is 749. The van der Waals surface area contributed by atoms with Gasteiger partial charge in [0.2, 0.25) is 0 Å². The van der Waals surface area contributed by atoms with E-state index in [1.165, 1.54) is 0 Å². The number of hydrogen-bond donors (Lipinski definition) is 2. The van der Waals surface area contributed by atoms with Gasteiger partial charge in [-0.15, -0.1) is 0 Å². The molecule has 4 rings (SSSR count). The Kier molecular flexibility index (Phi) is 4.05. The van der Waals surface area contributed by atoms with Crippen molar-refractivity contribution in [3.63, 3.8) is 0 Å². The van der Waals surface area contributed by atoms with Crippen molar-refractivity contribution in [2.24, 2.45) is 5.92 Å². The topological polar surface area (TPSA) is 62.2 Å². The highest BCUT2D eigenvalue weighted by Gasteiger charge is 2.56. The molecule has 2 aliphatic carbocycles. The Balaban J connectivity index is 1.99. The zero-order valence-electron chi connectivity index (χ0n) is 14.8. The van der Waals surface area contributed by atoms with Crippen molar-refractivity contribution in [3.05, 3.63) is 33.5 Å². The normalized spacial score (nSPS) is 34.0. The molecule has 1 fully saturated rings. The van der Waals surface area contributed by atoms with E-state index in [0.29, 0.717) is 24.0 Å². The third-order valence-electron chi connectivity index (χ3n) is 6.44. The minimum atomic E-state index is -0.652. The lowest BCUT2D eigenvalue weighted by atomic mass is 9.53. The molecule has 0 spiro atoms. The molecule has 1 saturated heterocycles. The first-order valence-corrected chi connectivity index (χ1v) is 9.45. The van der Waals surface area contributed by atoms with Crippen molar-refractivity contribution < 1.29 is 19.7 Å². The number of piperidine rings is 1. The predicted molar refractivity (Wildman–Crippen MR) is 98.0 cm³/mol. The molecule has 1 aromatic carbocycles. The number of benzene rings is 1. The first kappa shape index (κ1) is 17.2. The van der Waals surface area contributed by atoms with Crippen LogP contribution in [0.2, 0.25) is 0 Å². The summed E-state index contributed by atoms with van der Waals surface area (Å²) in [5.41, 5.74) is 1.78. The van der Waals surface area contributed by atoms with E-state index in [0.717, 1.165) is 35.0 Å². The zero-order chi connectivity index (χ0) is 17.9. The Labute approximate surface area is 156 Å². The molecular weight excluding hydrogens is 386 g/mol. The fraction of sp³-hybridized carbons (Fsp3) is 0.579. The van der Waals surface area contributed by atoms with Crippen LogP contribution in [0.3, 0.4) is 0 Å². The number of rotatable bonds is 2. The highest BCUT2D eigenvalue weighted by atomic mass is 79.9. The Morgan fingerprint density at radius 1 is 1.32 bits per heavy atom. The summed E-state index contributed by atoms with van der Waals surface area (Å²) >= 11 is 3.68. The van der Waals surface area contributed by atoms with E-state index in [2.05, 4.69) is 34.0 Å². The molecule has 4 atom stereocenters. The zero-order valence-corrected chi connectivity index (χ0v) is 16.3. The fourth-order valence-electron chi connectivity index (χ4n) is 5.23. The summed E-state index contributed by atoms with van der Waals surface area (Å²) in [6, 6.07) is 2.17. The number of ether oxygens (including phenoxy) is 2. The molecule has 0 amide bonds. The van der Waals surface area contributed by atoms with Gasteiger partial charge in [0, 0.05) is 27.4 Å². The summed E-state index contributed by atoms with van der Waals surface area (Å²) in [5.74, 6) is 1.54. The Hall–Kier alpha value is -1.24. The number of fused-ring (bicyclic) bond motifs is 1. The van der Waals surface area contributed by atoms with Crippen molar-refractivity contribution in [1.82, 2.24) is 4.90 Å². The standard InChI is InChI=1S/C19H24BrNO4/c1-21-5-4-19-9-14(22)15(24-2)7-11(19)13(21)6-10-12(20)8-16(25-3)18(23)17(10)19/h7-8,11,13-14,22-23H,4-6,9H2,1-3H3/t11?,13-,14-,19+/m0/s1. The van der Waals surface area contributed by atoms with Crippen LogP contribution < -0.4 is 4.74 Å². The van der Waals surface area contributed by atoms with Crippen molar-refractivity contribution in [2.45, 2.75) is 36.8 Å². The van der Waals surface area contributed by atoms with Gasteiger partial charge in [0.05, 0.1) is 14.2 Å². The molecule has 0 radical (unpaired) electrons. The summed E-state index contributed by atoms with van der Waals surface area (Å²) in [7, 11) is 5.34. The molecule has 6 heteroatoms. The second kappa shape index (κ2) is 5.89. The minimum Gasteiger partial charge on any atom is -0.504 e. The lowest BCUT2D eigenvalue weighted by Gasteiger charge is -2.57. The number of aliphatic hydroxyl groups is 1. The number of phenolic OH excluding ortho intramolecular Hbond substituents is 1. The Morgan fingerprint density at radius 3 is 2.76 bits per heavy atom. The number of methoxy groups -OCH3 is 2. The molecular formula is C19H24BrNO4. The Morgan fingerprint density at radius 2 is 2.08 bits per heavy atom. The van der Waals surface area contributed by atoms with E-state index >= 15 is 0 Å². The first-order chi connectivity index (χ1) is 11.9. The largest absolute Gasteiger partial charge is 0.504 e. The number of nitrogens with zero attached hydrogens (tertiary/aromatic N) is 1. The van der Waals surface area contributed by atoms with Gasteiger partial charge in [-0.2, -0.15) is 0 Å². The second-order valence-corrected chi connectivity index (χ2v) is 8.29. The number of likely N-dealkylation sites (tertiary alicyclic amines) is 1. The molecule has 25 heavy (non-hydrogen) atoms.